The summed E-state index contributed by atoms with van der Waals surface area (Å²) in [6.45, 7) is 2.63. The Hall–Kier alpha value is -2.99. The average Bonchev–Trinajstić information content (AvgIpc) is 3.04. The summed E-state index contributed by atoms with van der Waals surface area (Å²) in [5, 5.41) is 5.34. The van der Waals surface area contributed by atoms with Gasteiger partial charge in [-0.1, -0.05) is 12.1 Å². The first-order valence-electron chi connectivity index (χ1n) is 8.19. The van der Waals surface area contributed by atoms with Crippen molar-refractivity contribution in [1.82, 2.24) is 19.9 Å². The van der Waals surface area contributed by atoms with Gasteiger partial charge < -0.3 is 15.0 Å². The second kappa shape index (κ2) is 6.49. The Bertz CT molecular complexity index is 1030. The predicted molar refractivity (Wildman–Crippen MR) is 99.6 cm³/mol. The number of methoxy groups -OCH3 is 1. The number of fused-ring (bicyclic) bond motifs is 2. The van der Waals surface area contributed by atoms with Crippen LogP contribution in [0.3, 0.4) is 0 Å². The van der Waals surface area contributed by atoms with Gasteiger partial charge in [0.1, 0.15) is 5.65 Å². The first-order chi connectivity index (χ1) is 12.2. The number of rotatable bonds is 5. The highest BCUT2D eigenvalue weighted by molar-refractivity contribution is 5.96. The number of hydrogen-bond acceptors (Lipinski definition) is 5. The molecule has 0 aliphatic heterocycles. The molecule has 126 valence electrons. The van der Waals surface area contributed by atoms with Crippen LogP contribution in [0.25, 0.3) is 33.1 Å². The zero-order chi connectivity index (χ0) is 17.2. The molecular formula is C19H19N5O. The lowest BCUT2D eigenvalue weighted by Crippen LogP contribution is -2.22. The van der Waals surface area contributed by atoms with Crippen LogP contribution in [0.15, 0.2) is 48.9 Å². The molecule has 0 radical (unpaired) electrons. The van der Waals surface area contributed by atoms with Gasteiger partial charge in [0.05, 0.1) is 12.1 Å². The van der Waals surface area contributed by atoms with Crippen molar-refractivity contribution in [3.8, 4) is 11.1 Å². The van der Waals surface area contributed by atoms with Crippen LogP contribution in [0.1, 0.15) is 6.92 Å². The summed E-state index contributed by atoms with van der Waals surface area (Å²) >= 11 is 0. The molecule has 0 saturated heterocycles. The number of benzene rings is 1. The number of hydrogen-bond donors (Lipinski definition) is 2. The van der Waals surface area contributed by atoms with E-state index in [1.54, 1.807) is 13.3 Å². The fourth-order valence-corrected chi connectivity index (χ4v) is 2.97. The van der Waals surface area contributed by atoms with Crippen molar-refractivity contribution in [1.29, 1.82) is 0 Å². The zero-order valence-electron chi connectivity index (χ0n) is 14.2. The van der Waals surface area contributed by atoms with Gasteiger partial charge >= 0.3 is 0 Å². The van der Waals surface area contributed by atoms with Crippen molar-refractivity contribution in [2.75, 3.05) is 19.0 Å². The van der Waals surface area contributed by atoms with Gasteiger partial charge in [-0.3, -0.25) is 4.98 Å². The molecular weight excluding hydrogens is 314 g/mol. The number of ether oxygens (including phenoxy) is 1. The lowest BCUT2D eigenvalue weighted by molar-refractivity contribution is 0.190. The van der Waals surface area contributed by atoms with Crippen LogP contribution in [-0.2, 0) is 4.74 Å². The third-order valence-electron chi connectivity index (χ3n) is 4.14. The SMILES string of the molecule is COCC(C)Nc1ncc2c(-c3ccc4ncccc4c3)c[nH]c2n1. The van der Waals surface area contributed by atoms with Crippen molar-refractivity contribution >= 4 is 27.9 Å². The minimum Gasteiger partial charge on any atom is -0.383 e. The van der Waals surface area contributed by atoms with E-state index in [0.29, 0.717) is 12.6 Å². The molecule has 6 nitrogen and oxygen atoms in total. The monoisotopic (exact) mass is 333 g/mol. The fourth-order valence-electron chi connectivity index (χ4n) is 2.97. The zero-order valence-corrected chi connectivity index (χ0v) is 14.2. The van der Waals surface area contributed by atoms with Gasteiger partial charge in [0.2, 0.25) is 5.95 Å². The number of aromatic nitrogens is 4. The lowest BCUT2D eigenvalue weighted by atomic mass is 10.0. The maximum Gasteiger partial charge on any atom is 0.224 e. The molecule has 25 heavy (non-hydrogen) atoms. The molecule has 4 aromatic rings. The number of nitrogens with one attached hydrogen (secondary N) is 2. The summed E-state index contributed by atoms with van der Waals surface area (Å²) in [6.07, 6.45) is 5.63. The highest BCUT2D eigenvalue weighted by Crippen LogP contribution is 2.29. The van der Waals surface area contributed by atoms with Gasteiger partial charge in [0, 0.05) is 48.1 Å². The van der Waals surface area contributed by atoms with Crippen LogP contribution < -0.4 is 5.32 Å². The van der Waals surface area contributed by atoms with Crippen molar-refractivity contribution in [2.45, 2.75) is 13.0 Å². The molecule has 3 aromatic heterocycles. The Morgan fingerprint density at radius 2 is 2.16 bits per heavy atom. The van der Waals surface area contributed by atoms with Crippen LogP contribution in [0.4, 0.5) is 5.95 Å². The van der Waals surface area contributed by atoms with Gasteiger partial charge in [0.15, 0.2) is 0 Å². The van der Waals surface area contributed by atoms with E-state index in [4.69, 9.17) is 4.74 Å². The predicted octanol–water partition coefficient (Wildman–Crippen LogP) is 3.62. The van der Waals surface area contributed by atoms with E-state index in [2.05, 4.69) is 43.5 Å². The molecule has 2 N–H and O–H groups in total. The summed E-state index contributed by atoms with van der Waals surface area (Å²) < 4.78 is 5.13. The van der Waals surface area contributed by atoms with Gasteiger partial charge in [0.25, 0.3) is 0 Å². The van der Waals surface area contributed by atoms with Crippen molar-refractivity contribution in [3.63, 3.8) is 0 Å². The molecule has 1 atom stereocenters. The molecule has 1 unspecified atom stereocenters. The molecule has 0 bridgehead atoms. The average molecular weight is 333 g/mol. The highest BCUT2D eigenvalue weighted by atomic mass is 16.5. The Morgan fingerprint density at radius 3 is 3.04 bits per heavy atom. The third kappa shape index (κ3) is 3.04. The largest absolute Gasteiger partial charge is 0.383 e. The minimum atomic E-state index is 0.143. The quantitative estimate of drug-likeness (QED) is 0.583. The summed E-state index contributed by atoms with van der Waals surface area (Å²) in [5.74, 6) is 0.591. The van der Waals surface area contributed by atoms with Crippen molar-refractivity contribution < 1.29 is 4.74 Å². The van der Waals surface area contributed by atoms with E-state index < -0.39 is 0 Å². The highest BCUT2D eigenvalue weighted by Gasteiger charge is 2.11. The first-order valence-corrected chi connectivity index (χ1v) is 8.19. The Balaban J connectivity index is 1.70. The summed E-state index contributed by atoms with van der Waals surface area (Å²) in [4.78, 5) is 16.6. The van der Waals surface area contributed by atoms with Crippen LogP contribution >= 0.6 is 0 Å². The fraction of sp³-hybridized carbons (Fsp3) is 0.211. The smallest absolute Gasteiger partial charge is 0.224 e. The Labute approximate surface area is 145 Å². The van der Waals surface area contributed by atoms with E-state index in [-0.39, 0.29) is 6.04 Å². The molecule has 0 amide bonds. The van der Waals surface area contributed by atoms with Gasteiger partial charge in [-0.25, -0.2) is 4.98 Å². The van der Waals surface area contributed by atoms with Gasteiger partial charge in [-0.15, -0.1) is 0 Å². The molecule has 0 fully saturated rings. The molecule has 0 spiro atoms. The molecule has 0 aliphatic carbocycles. The van der Waals surface area contributed by atoms with E-state index in [1.807, 2.05) is 31.5 Å². The number of anilines is 1. The number of pyridine rings is 1. The molecule has 3 heterocycles. The van der Waals surface area contributed by atoms with Crippen LogP contribution in [0.5, 0.6) is 0 Å². The number of H-pyrrole nitrogens is 1. The molecule has 0 aliphatic rings. The topological polar surface area (TPSA) is 75.7 Å². The van der Waals surface area contributed by atoms with Crippen molar-refractivity contribution in [3.05, 3.63) is 48.9 Å². The second-order valence-electron chi connectivity index (χ2n) is 6.07. The standard InChI is InChI=1S/C19H19N5O/c1-12(11-25-2)23-19-22-10-16-15(9-21-18(16)24-19)13-5-6-17-14(8-13)4-3-7-20-17/h3-10,12H,11H2,1-2H3,(H2,21,22,23,24). The maximum absolute atomic E-state index is 5.13. The second-order valence-corrected chi connectivity index (χ2v) is 6.07. The van der Waals surface area contributed by atoms with Crippen molar-refractivity contribution in [2.24, 2.45) is 0 Å². The normalized spacial score (nSPS) is 12.6. The Kier molecular flexibility index (Phi) is 4.03. The van der Waals surface area contributed by atoms with Gasteiger partial charge in [-0.05, 0) is 30.7 Å². The van der Waals surface area contributed by atoms with Crippen LogP contribution in [0.2, 0.25) is 0 Å². The number of nitrogens with zero attached hydrogens (tertiary/aromatic N) is 3. The molecule has 6 heteroatoms. The van der Waals surface area contributed by atoms with E-state index in [0.717, 1.165) is 33.1 Å². The Morgan fingerprint density at radius 1 is 1.24 bits per heavy atom. The first kappa shape index (κ1) is 15.5. The third-order valence-corrected chi connectivity index (χ3v) is 4.14. The van der Waals surface area contributed by atoms with Crippen LogP contribution in [-0.4, -0.2) is 39.7 Å². The summed E-state index contributed by atoms with van der Waals surface area (Å²) in [7, 11) is 1.68. The van der Waals surface area contributed by atoms with Gasteiger partial charge in [-0.2, -0.15) is 4.98 Å². The molecule has 0 saturated carbocycles. The van der Waals surface area contributed by atoms with E-state index in [9.17, 15) is 0 Å². The minimum absolute atomic E-state index is 0.143. The molecule has 4 rings (SSSR count). The summed E-state index contributed by atoms with van der Waals surface area (Å²) in [5.41, 5.74) is 3.99. The maximum atomic E-state index is 5.13. The lowest BCUT2D eigenvalue weighted by Gasteiger charge is -2.12. The van der Waals surface area contributed by atoms with Crippen LogP contribution in [0, 0.1) is 0 Å². The van der Waals surface area contributed by atoms with E-state index in [1.165, 1.54) is 0 Å². The summed E-state index contributed by atoms with van der Waals surface area (Å²) in [6, 6.07) is 10.4. The number of aromatic amines is 1. The molecule has 1 aromatic carbocycles. The van der Waals surface area contributed by atoms with E-state index >= 15 is 0 Å².